The Hall–Kier alpha value is -1.09. The Kier molecular flexibility index (Phi) is 3.89. The van der Waals surface area contributed by atoms with Crippen LogP contribution in [0.15, 0.2) is 35.9 Å². The maximum Gasteiger partial charge on any atom is 0.212 e. The molecule has 0 saturated heterocycles. The molecule has 3 heteroatoms. The van der Waals surface area contributed by atoms with E-state index >= 15 is 0 Å². The molecule has 0 aliphatic carbocycles. The van der Waals surface area contributed by atoms with Crippen LogP contribution in [0.5, 0.6) is 0 Å². The second kappa shape index (κ2) is 4.96. The molecule has 0 aliphatic heterocycles. The van der Waals surface area contributed by atoms with Crippen molar-refractivity contribution >= 4 is 16.7 Å². The highest BCUT2D eigenvalue weighted by Gasteiger charge is 2.03. The normalized spacial score (nSPS) is 9.64. The van der Waals surface area contributed by atoms with Crippen molar-refractivity contribution in [3.63, 3.8) is 0 Å². The van der Waals surface area contributed by atoms with Gasteiger partial charge in [-0.15, -0.1) is 0 Å². The van der Waals surface area contributed by atoms with E-state index in [4.69, 9.17) is 0 Å². The van der Waals surface area contributed by atoms with Crippen molar-refractivity contribution in [2.24, 2.45) is 0 Å². The average molecular weight is 209 g/mol. The second-order valence-electron chi connectivity index (χ2n) is 2.98. The summed E-state index contributed by atoms with van der Waals surface area (Å²) in [6, 6.07) is 3.09. The lowest BCUT2D eigenvalue weighted by atomic mass is 10.2. The molecule has 14 heavy (non-hydrogen) atoms. The molecule has 0 bridgehead atoms. The van der Waals surface area contributed by atoms with Crippen LogP contribution in [0, 0.1) is 5.95 Å². The molecule has 0 atom stereocenters. The first-order valence-electron chi connectivity index (χ1n) is 4.22. The van der Waals surface area contributed by atoms with Crippen molar-refractivity contribution in [1.82, 2.24) is 4.98 Å². The van der Waals surface area contributed by atoms with Crippen molar-refractivity contribution in [3.8, 4) is 0 Å². The Balaban J connectivity index is 3.07. The highest BCUT2D eigenvalue weighted by atomic mass is 32.2. The summed E-state index contributed by atoms with van der Waals surface area (Å²) in [4.78, 5) is 4.69. The summed E-state index contributed by atoms with van der Waals surface area (Å²) in [6.45, 7) is 7.68. The molecule has 1 aromatic heterocycles. The van der Waals surface area contributed by atoms with Crippen LogP contribution in [-0.2, 0) is 0 Å². The van der Waals surface area contributed by atoms with E-state index in [0.717, 1.165) is 10.5 Å². The summed E-state index contributed by atoms with van der Waals surface area (Å²) in [6.07, 6.45) is 1.54. The molecule has 0 spiro atoms. The number of thioether (sulfide) groups is 1. The number of halogens is 1. The summed E-state index contributed by atoms with van der Waals surface area (Å²) in [5.74, 6) is -0.453. The Labute approximate surface area is 87.8 Å². The quantitative estimate of drug-likeness (QED) is 0.701. The second-order valence-corrected chi connectivity index (χ2v) is 3.96. The first kappa shape index (κ1) is 11.0. The highest BCUT2D eigenvalue weighted by Crippen LogP contribution is 2.30. The van der Waals surface area contributed by atoms with E-state index in [-0.39, 0.29) is 0 Å². The van der Waals surface area contributed by atoms with Crippen LogP contribution in [0.1, 0.15) is 19.4 Å². The Morgan fingerprint density at radius 1 is 1.50 bits per heavy atom. The predicted molar refractivity (Wildman–Crippen MR) is 60.3 cm³/mol. The van der Waals surface area contributed by atoms with Gasteiger partial charge in [-0.2, -0.15) is 4.39 Å². The van der Waals surface area contributed by atoms with E-state index in [9.17, 15) is 4.39 Å². The van der Waals surface area contributed by atoms with Gasteiger partial charge in [0.15, 0.2) is 0 Å². The number of allylic oxidation sites excluding steroid dienone is 1. The zero-order valence-electron chi connectivity index (χ0n) is 8.25. The molecule has 1 heterocycles. The first-order valence-corrected chi connectivity index (χ1v) is 5.10. The number of aromatic nitrogens is 1. The molecule has 1 rings (SSSR count). The number of nitrogens with zero attached hydrogens (tertiary/aromatic N) is 1. The van der Waals surface area contributed by atoms with E-state index in [1.54, 1.807) is 11.5 Å². The van der Waals surface area contributed by atoms with Gasteiger partial charge in [0.05, 0.1) is 0 Å². The molecule has 0 fully saturated rings. The summed E-state index contributed by atoms with van der Waals surface area (Å²) in [7, 11) is 0. The van der Waals surface area contributed by atoms with Gasteiger partial charge in [-0.1, -0.05) is 23.9 Å². The van der Waals surface area contributed by atoms with E-state index in [0.29, 0.717) is 0 Å². The van der Waals surface area contributed by atoms with Crippen LogP contribution in [0.2, 0.25) is 0 Å². The molecule has 0 radical (unpaired) electrons. The van der Waals surface area contributed by atoms with E-state index in [1.165, 1.54) is 29.6 Å². The van der Waals surface area contributed by atoms with Crippen molar-refractivity contribution in [2.75, 3.05) is 0 Å². The minimum Gasteiger partial charge on any atom is -0.228 e. The van der Waals surface area contributed by atoms with Gasteiger partial charge in [-0.25, -0.2) is 4.98 Å². The first-order chi connectivity index (χ1) is 6.65. The largest absolute Gasteiger partial charge is 0.228 e. The molecular weight excluding hydrogens is 197 g/mol. The van der Waals surface area contributed by atoms with Gasteiger partial charge in [0, 0.05) is 16.7 Å². The molecule has 0 saturated carbocycles. The monoisotopic (exact) mass is 209 g/mol. The minimum absolute atomic E-state index is 0.453. The molecule has 0 unspecified atom stereocenters. The SMILES string of the molecule is C=CSC(=C(C)C)c1ccc(F)nc1. The maximum atomic E-state index is 12.6. The van der Waals surface area contributed by atoms with Gasteiger partial charge in [0.2, 0.25) is 5.95 Å². The number of hydrogen-bond donors (Lipinski definition) is 0. The fourth-order valence-electron chi connectivity index (χ4n) is 1.07. The van der Waals surface area contributed by atoms with E-state index in [1.807, 2.05) is 13.8 Å². The smallest absolute Gasteiger partial charge is 0.212 e. The van der Waals surface area contributed by atoms with Crippen LogP contribution in [0.3, 0.4) is 0 Å². The lowest BCUT2D eigenvalue weighted by molar-refractivity contribution is 0.583. The number of pyridine rings is 1. The zero-order chi connectivity index (χ0) is 10.6. The van der Waals surface area contributed by atoms with Gasteiger partial charge in [0.1, 0.15) is 0 Å². The van der Waals surface area contributed by atoms with Crippen LogP contribution >= 0.6 is 11.8 Å². The van der Waals surface area contributed by atoms with Crippen LogP contribution in [-0.4, -0.2) is 4.98 Å². The molecule has 0 aromatic carbocycles. The third-order valence-corrected chi connectivity index (χ3v) is 2.69. The van der Waals surface area contributed by atoms with E-state index < -0.39 is 5.95 Å². The Morgan fingerprint density at radius 3 is 2.64 bits per heavy atom. The van der Waals surface area contributed by atoms with Gasteiger partial charge in [0.25, 0.3) is 0 Å². The molecule has 1 nitrogen and oxygen atoms in total. The minimum atomic E-state index is -0.453. The molecule has 0 amide bonds. The molecule has 0 aliphatic rings. The fourth-order valence-corrected chi connectivity index (χ4v) is 1.73. The standard InChI is InChI=1S/C11H12FNS/c1-4-14-11(8(2)3)9-5-6-10(12)13-7-9/h4-7H,1H2,2-3H3. The molecular formula is C11H12FNS. The number of hydrogen-bond acceptors (Lipinski definition) is 2. The van der Waals surface area contributed by atoms with Crippen LogP contribution < -0.4 is 0 Å². The summed E-state index contributed by atoms with van der Waals surface area (Å²) >= 11 is 1.52. The van der Waals surface area contributed by atoms with E-state index in [2.05, 4.69) is 11.6 Å². The number of rotatable bonds is 3. The van der Waals surface area contributed by atoms with Gasteiger partial charge < -0.3 is 0 Å². The lowest BCUT2D eigenvalue weighted by Gasteiger charge is -2.06. The van der Waals surface area contributed by atoms with Crippen LogP contribution in [0.25, 0.3) is 4.91 Å². The summed E-state index contributed by atoms with van der Waals surface area (Å²) in [5.41, 5.74) is 2.10. The molecule has 1 aromatic rings. The van der Waals surface area contributed by atoms with Crippen molar-refractivity contribution in [3.05, 3.63) is 47.4 Å². The van der Waals surface area contributed by atoms with Crippen molar-refractivity contribution in [1.29, 1.82) is 0 Å². The average Bonchev–Trinajstić information content (AvgIpc) is 2.15. The highest BCUT2D eigenvalue weighted by molar-refractivity contribution is 8.10. The van der Waals surface area contributed by atoms with Crippen molar-refractivity contribution < 1.29 is 4.39 Å². The maximum absolute atomic E-state index is 12.6. The fraction of sp³-hybridized carbons (Fsp3) is 0.182. The van der Waals surface area contributed by atoms with Crippen LogP contribution in [0.4, 0.5) is 4.39 Å². The predicted octanol–water partition coefficient (Wildman–Crippen LogP) is 3.85. The van der Waals surface area contributed by atoms with Gasteiger partial charge in [-0.05, 0) is 31.4 Å². The lowest BCUT2D eigenvalue weighted by Crippen LogP contribution is -1.86. The summed E-state index contributed by atoms with van der Waals surface area (Å²) < 4.78 is 12.6. The Morgan fingerprint density at radius 2 is 2.21 bits per heavy atom. The van der Waals surface area contributed by atoms with Crippen molar-refractivity contribution in [2.45, 2.75) is 13.8 Å². The van der Waals surface area contributed by atoms with Gasteiger partial charge >= 0.3 is 0 Å². The van der Waals surface area contributed by atoms with Gasteiger partial charge in [-0.3, -0.25) is 0 Å². The molecule has 0 N–H and O–H groups in total. The Bertz CT molecular complexity index is 350. The zero-order valence-corrected chi connectivity index (χ0v) is 9.07. The third kappa shape index (κ3) is 2.70. The molecule has 74 valence electrons. The summed E-state index contributed by atoms with van der Waals surface area (Å²) in [5, 5.41) is 1.76. The topological polar surface area (TPSA) is 12.9 Å². The third-order valence-electron chi connectivity index (χ3n) is 1.64.